The summed E-state index contributed by atoms with van der Waals surface area (Å²) >= 11 is 0. The predicted molar refractivity (Wildman–Crippen MR) is 113 cm³/mol. The number of hydrogen-bond donors (Lipinski definition) is 1. The van der Waals surface area contributed by atoms with Gasteiger partial charge in [-0.15, -0.1) is 0 Å². The molecule has 29 heavy (non-hydrogen) atoms. The molecule has 1 aliphatic rings. The quantitative estimate of drug-likeness (QED) is 0.706. The molecule has 0 spiro atoms. The number of ether oxygens (including phenoxy) is 1. The monoisotopic (exact) mass is 386 g/mol. The van der Waals surface area contributed by atoms with Crippen LogP contribution in [0.2, 0.25) is 0 Å². The summed E-state index contributed by atoms with van der Waals surface area (Å²) in [5, 5.41) is 2.97. The summed E-state index contributed by atoms with van der Waals surface area (Å²) in [5.41, 5.74) is 4.11. The lowest BCUT2D eigenvalue weighted by atomic mass is 10.1. The number of carbonyl (C=O) groups excluding carboxylic acids is 2. The van der Waals surface area contributed by atoms with Crippen LogP contribution in [0.15, 0.2) is 72.8 Å². The lowest BCUT2D eigenvalue weighted by Crippen LogP contribution is -2.25. The van der Waals surface area contributed by atoms with E-state index in [2.05, 4.69) is 5.32 Å². The Labute approximate surface area is 169 Å². The highest BCUT2D eigenvalue weighted by molar-refractivity contribution is 6.05. The summed E-state index contributed by atoms with van der Waals surface area (Å²) in [6, 6.07) is 22.6. The molecule has 3 aromatic rings. The molecule has 0 aliphatic carbocycles. The Balaban J connectivity index is 1.49. The number of hydrogen-bond acceptors (Lipinski definition) is 3. The molecule has 1 heterocycles. The van der Waals surface area contributed by atoms with Crippen LogP contribution < -0.4 is 15.0 Å². The van der Waals surface area contributed by atoms with Crippen molar-refractivity contribution in [2.24, 2.45) is 0 Å². The standard InChI is InChI=1S/C24H22N2O3/c1-17(27)26-14-13-18-15-20(11-12-23(18)26)25-24(28)22-10-6-5-7-19(22)16-29-21-8-3-2-4-9-21/h2-12,15H,13-14,16H2,1H3,(H,25,28). The molecule has 4 rings (SSSR count). The van der Waals surface area contributed by atoms with E-state index in [0.717, 1.165) is 34.7 Å². The van der Waals surface area contributed by atoms with Crippen LogP contribution in [0.3, 0.4) is 0 Å². The summed E-state index contributed by atoms with van der Waals surface area (Å²) in [7, 11) is 0. The van der Waals surface area contributed by atoms with Gasteiger partial charge in [-0.2, -0.15) is 0 Å². The van der Waals surface area contributed by atoms with Crippen LogP contribution in [0.5, 0.6) is 5.75 Å². The average Bonchev–Trinajstić information content (AvgIpc) is 3.17. The smallest absolute Gasteiger partial charge is 0.256 e. The van der Waals surface area contributed by atoms with Gasteiger partial charge in [0.2, 0.25) is 5.91 Å². The number of rotatable bonds is 5. The van der Waals surface area contributed by atoms with Crippen LogP contribution >= 0.6 is 0 Å². The molecule has 0 radical (unpaired) electrons. The van der Waals surface area contributed by atoms with Gasteiger partial charge in [0.15, 0.2) is 0 Å². The second-order valence-electron chi connectivity index (χ2n) is 6.98. The molecule has 0 atom stereocenters. The van der Waals surface area contributed by atoms with Crippen LogP contribution in [-0.4, -0.2) is 18.4 Å². The van der Waals surface area contributed by atoms with Gasteiger partial charge < -0.3 is 15.0 Å². The Kier molecular flexibility index (Phi) is 5.29. The first-order valence-corrected chi connectivity index (χ1v) is 9.60. The molecule has 0 saturated carbocycles. The van der Waals surface area contributed by atoms with Crippen molar-refractivity contribution in [2.45, 2.75) is 20.0 Å². The van der Waals surface area contributed by atoms with E-state index >= 15 is 0 Å². The minimum Gasteiger partial charge on any atom is -0.489 e. The predicted octanol–water partition coefficient (Wildman–Crippen LogP) is 4.43. The van der Waals surface area contributed by atoms with E-state index in [1.54, 1.807) is 17.9 Å². The molecule has 0 unspecified atom stereocenters. The maximum atomic E-state index is 12.9. The van der Waals surface area contributed by atoms with Gasteiger partial charge in [-0.05, 0) is 48.4 Å². The van der Waals surface area contributed by atoms with E-state index in [4.69, 9.17) is 4.74 Å². The van der Waals surface area contributed by atoms with E-state index in [-0.39, 0.29) is 11.8 Å². The number of benzene rings is 3. The largest absolute Gasteiger partial charge is 0.489 e. The van der Waals surface area contributed by atoms with Crippen molar-refractivity contribution in [2.75, 3.05) is 16.8 Å². The van der Waals surface area contributed by atoms with Gasteiger partial charge >= 0.3 is 0 Å². The van der Waals surface area contributed by atoms with E-state index in [0.29, 0.717) is 18.7 Å². The third-order valence-electron chi connectivity index (χ3n) is 5.01. The molecule has 0 bridgehead atoms. The highest BCUT2D eigenvalue weighted by Gasteiger charge is 2.22. The maximum absolute atomic E-state index is 12.9. The van der Waals surface area contributed by atoms with Gasteiger partial charge in [0.25, 0.3) is 5.91 Å². The maximum Gasteiger partial charge on any atom is 0.256 e. The number of fused-ring (bicyclic) bond motifs is 1. The fraction of sp³-hybridized carbons (Fsp3) is 0.167. The molecule has 1 N–H and O–H groups in total. The highest BCUT2D eigenvalue weighted by Crippen LogP contribution is 2.30. The van der Waals surface area contributed by atoms with Gasteiger partial charge in [-0.3, -0.25) is 9.59 Å². The van der Waals surface area contributed by atoms with Crippen molar-refractivity contribution in [3.8, 4) is 5.75 Å². The third kappa shape index (κ3) is 4.14. The van der Waals surface area contributed by atoms with Gasteiger partial charge in [-0.1, -0.05) is 36.4 Å². The molecule has 0 fully saturated rings. The summed E-state index contributed by atoms with van der Waals surface area (Å²) in [5.74, 6) is 0.614. The molecule has 5 heteroatoms. The molecule has 5 nitrogen and oxygen atoms in total. The lowest BCUT2D eigenvalue weighted by molar-refractivity contribution is -0.116. The first-order valence-electron chi connectivity index (χ1n) is 9.60. The summed E-state index contributed by atoms with van der Waals surface area (Å²) < 4.78 is 5.81. The average molecular weight is 386 g/mol. The molecule has 146 valence electrons. The van der Waals surface area contributed by atoms with Crippen LogP contribution in [0.1, 0.15) is 28.4 Å². The lowest BCUT2D eigenvalue weighted by Gasteiger charge is -2.15. The number of anilines is 2. The molecule has 1 aliphatic heterocycles. The van der Waals surface area contributed by atoms with Crippen LogP contribution in [0.4, 0.5) is 11.4 Å². The molecule has 3 aromatic carbocycles. The Morgan fingerprint density at radius 2 is 1.76 bits per heavy atom. The van der Waals surface area contributed by atoms with Crippen molar-refractivity contribution >= 4 is 23.2 Å². The van der Waals surface area contributed by atoms with Crippen molar-refractivity contribution < 1.29 is 14.3 Å². The summed E-state index contributed by atoms with van der Waals surface area (Å²) in [6.45, 7) is 2.56. The normalized spacial score (nSPS) is 12.4. The third-order valence-corrected chi connectivity index (χ3v) is 5.01. The van der Waals surface area contributed by atoms with Gasteiger partial charge in [-0.25, -0.2) is 0 Å². The zero-order valence-corrected chi connectivity index (χ0v) is 16.2. The Morgan fingerprint density at radius 1 is 1.00 bits per heavy atom. The number of amides is 2. The zero-order valence-electron chi connectivity index (χ0n) is 16.2. The Bertz CT molecular complexity index is 1050. The Hall–Kier alpha value is -3.60. The second kappa shape index (κ2) is 8.19. The van der Waals surface area contributed by atoms with E-state index in [1.165, 1.54) is 0 Å². The first-order chi connectivity index (χ1) is 14.1. The Morgan fingerprint density at radius 3 is 2.55 bits per heavy atom. The molecular formula is C24H22N2O3. The zero-order chi connectivity index (χ0) is 20.2. The molecule has 2 amide bonds. The highest BCUT2D eigenvalue weighted by atomic mass is 16.5. The van der Waals surface area contributed by atoms with E-state index < -0.39 is 0 Å². The van der Waals surface area contributed by atoms with Crippen molar-refractivity contribution in [3.63, 3.8) is 0 Å². The first kappa shape index (κ1) is 18.7. The topological polar surface area (TPSA) is 58.6 Å². The number of carbonyl (C=O) groups is 2. The van der Waals surface area contributed by atoms with Crippen molar-refractivity contribution in [3.05, 3.63) is 89.5 Å². The van der Waals surface area contributed by atoms with Crippen LogP contribution in [0, 0.1) is 0 Å². The minimum atomic E-state index is -0.182. The SMILES string of the molecule is CC(=O)N1CCc2cc(NC(=O)c3ccccc3COc3ccccc3)ccc21. The van der Waals surface area contributed by atoms with Crippen LogP contribution in [0.25, 0.3) is 0 Å². The van der Waals surface area contributed by atoms with Crippen molar-refractivity contribution in [1.29, 1.82) is 0 Å². The number of para-hydroxylation sites is 1. The van der Waals surface area contributed by atoms with Crippen molar-refractivity contribution in [1.82, 2.24) is 0 Å². The van der Waals surface area contributed by atoms with E-state index in [9.17, 15) is 9.59 Å². The minimum absolute atomic E-state index is 0.0351. The molecular weight excluding hydrogens is 364 g/mol. The van der Waals surface area contributed by atoms with Gasteiger partial charge in [0.1, 0.15) is 12.4 Å². The number of nitrogens with zero attached hydrogens (tertiary/aromatic N) is 1. The fourth-order valence-electron chi connectivity index (χ4n) is 3.55. The number of nitrogens with one attached hydrogen (secondary N) is 1. The van der Waals surface area contributed by atoms with E-state index in [1.807, 2.05) is 66.7 Å². The second-order valence-corrected chi connectivity index (χ2v) is 6.98. The summed E-state index contributed by atoms with van der Waals surface area (Å²) in [6.07, 6.45) is 0.792. The van der Waals surface area contributed by atoms with Gasteiger partial charge in [0, 0.05) is 36.0 Å². The molecule has 0 aromatic heterocycles. The van der Waals surface area contributed by atoms with Crippen LogP contribution in [-0.2, 0) is 17.8 Å². The van der Waals surface area contributed by atoms with Gasteiger partial charge in [0.05, 0.1) is 0 Å². The molecule has 0 saturated heterocycles. The summed E-state index contributed by atoms with van der Waals surface area (Å²) in [4.78, 5) is 26.4. The fourth-order valence-corrected chi connectivity index (χ4v) is 3.55.